The van der Waals surface area contributed by atoms with Crippen molar-refractivity contribution in [2.75, 3.05) is 0 Å². The van der Waals surface area contributed by atoms with E-state index in [1.54, 1.807) is 0 Å². The van der Waals surface area contributed by atoms with Crippen molar-refractivity contribution in [3.63, 3.8) is 0 Å². The van der Waals surface area contributed by atoms with Crippen molar-refractivity contribution in [2.45, 2.75) is 19.6 Å². The molecule has 0 heterocycles. The maximum absolute atomic E-state index is 11.0. The highest BCUT2D eigenvalue weighted by atomic mass is 16.6. The minimum atomic E-state index is -0.567. The largest absolute Gasteiger partial charge is 0.279 e. The number of benzene rings is 1. The number of rotatable bonds is 7. The normalized spacial score (nSPS) is 9.78. The molecule has 0 spiro atoms. The van der Waals surface area contributed by atoms with Gasteiger partial charge in [-0.15, -0.1) is 0 Å². The molecule has 0 fully saturated rings. The summed E-state index contributed by atoms with van der Waals surface area (Å²) in [7, 11) is 0. The molecule has 0 atom stereocenters. The van der Waals surface area contributed by atoms with Crippen LogP contribution in [0.5, 0.6) is 0 Å². The molecule has 0 aliphatic rings. The lowest BCUT2D eigenvalue weighted by Crippen LogP contribution is -2.02. The number of nitrogens with zero attached hydrogens (tertiary/aromatic N) is 4. The first-order valence-corrected chi connectivity index (χ1v) is 4.92. The van der Waals surface area contributed by atoms with Gasteiger partial charge in [0.1, 0.15) is 0 Å². The predicted molar refractivity (Wildman–Crippen MR) is 59.7 cm³/mol. The number of nitrogens with one attached hydrogen (secondary N) is 3. The Bertz CT molecular complexity index is 469. The van der Waals surface area contributed by atoms with Crippen molar-refractivity contribution < 1.29 is 4.92 Å². The molecule has 0 amide bonds. The second-order valence-corrected chi connectivity index (χ2v) is 3.47. The van der Waals surface area contributed by atoms with E-state index in [0.717, 1.165) is 0 Å². The van der Waals surface area contributed by atoms with Gasteiger partial charge in [0.05, 0.1) is 35.7 Å². The fraction of sp³-hybridized carbons (Fsp3) is 0.333. The zero-order valence-corrected chi connectivity index (χ0v) is 9.38. The Kier molecular flexibility index (Phi) is 4.67. The van der Waals surface area contributed by atoms with Gasteiger partial charge in [0.2, 0.25) is 0 Å². The Balaban J connectivity index is 3.42. The minimum absolute atomic E-state index is 0.0913. The predicted octanol–water partition coefficient (Wildman–Crippen LogP) is 3.19. The SMILES string of the molecule is N=NCc1cc(CN=N)c([N+](=O)[O-])c(CN=N)c1. The molecule has 0 unspecified atom stereocenters. The smallest absolute Gasteiger partial charge is 0.258 e. The van der Waals surface area contributed by atoms with Gasteiger partial charge >= 0.3 is 0 Å². The first-order chi connectivity index (χ1) is 8.63. The van der Waals surface area contributed by atoms with Gasteiger partial charge < -0.3 is 0 Å². The van der Waals surface area contributed by atoms with Crippen molar-refractivity contribution in [2.24, 2.45) is 15.3 Å². The molecular weight excluding hydrogens is 238 g/mol. The maximum atomic E-state index is 11.0. The van der Waals surface area contributed by atoms with Crippen LogP contribution in [0.3, 0.4) is 0 Å². The molecule has 1 aromatic rings. The molecule has 18 heavy (non-hydrogen) atoms. The summed E-state index contributed by atoms with van der Waals surface area (Å²) in [5.41, 5.74) is 21.4. The monoisotopic (exact) mass is 249 g/mol. The molecule has 0 saturated carbocycles. The standard InChI is InChI=1S/C9H11N7O2/c10-13-3-6-1-7(4-14-11)9(16(17)18)8(2-6)5-15-12/h1-2,10-12H,3-5H2. The van der Waals surface area contributed by atoms with E-state index in [4.69, 9.17) is 16.6 Å². The number of hydrogen-bond acceptors (Lipinski definition) is 8. The molecule has 0 aliphatic heterocycles. The first kappa shape index (κ1) is 13.5. The Hall–Kier alpha value is -2.58. The number of nitro benzene ring substituents is 1. The quantitative estimate of drug-likeness (QED) is 0.386. The van der Waals surface area contributed by atoms with Gasteiger partial charge in [0.25, 0.3) is 5.69 Å². The zero-order chi connectivity index (χ0) is 13.5. The minimum Gasteiger partial charge on any atom is -0.258 e. The van der Waals surface area contributed by atoms with Gasteiger partial charge in [-0.1, -0.05) is 0 Å². The average Bonchev–Trinajstić information content (AvgIpc) is 2.29. The Morgan fingerprint density at radius 1 is 1.00 bits per heavy atom. The molecule has 0 radical (unpaired) electrons. The van der Waals surface area contributed by atoms with Crippen molar-refractivity contribution >= 4 is 5.69 Å². The van der Waals surface area contributed by atoms with E-state index in [1.165, 1.54) is 12.1 Å². The van der Waals surface area contributed by atoms with Crippen LogP contribution >= 0.6 is 0 Å². The highest BCUT2D eigenvalue weighted by Crippen LogP contribution is 2.27. The van der Waals surface area contributed by atoms with Crippen LogP contribution in [0.4, 0.5) is 5.69 Å². The van der Waals surface area contributed by atoms with Gasteiger partial charge in [-0.3, -0.25) is 10.1 Å². The molecule has 0 saturated heterocycles. The summed E-state index contributed by atoms with van der Waals surface area (Å²) in [5, 5.41) is 20.5. The summed E-state index contributed by atoms with van der Waals surface area (Å²) >= 11 is 0. The summed E-state index contributed by atoms with van der Waals surface area (Å²) in [6, 6.07) is 3.00. The second kappa shape index (κ2) is 6.23. The molecule has 0 aromatic heterocycles. The van der Waals surface area contributed by atoms with Crippen molar-refractivity contribution in [1.29, 1.82) is 16.6 Å². The highest BCUT2D eigenvalue weighted by Gasteiger charge is 2.20. The summed E-state index contributed by atoms with van der Waals surface area (Å²) in [6.07, 6.45) is 0. The fourth-order valence-corrected chi connectivity index (χ4v) is 1.66. The second-order valence-electron chi connectivity index (χ2n) is 3.47. The third-order valence-corrected chi connectivity index (χ3v) is 2.27. The Morgan fingerprint density at radius 2 is 1.44 bits per heavy atom. The van der Waals surface area contributed by atoms with Crippen LogP contribution in [0.2, 0.25) is 0 Å². The number of nitro groups is 1. The first-order valence-electron chi connectivity index (χ1n) is 4.92. The van der Waals surface area contributed by atoms with Gasteiger partial charge in [-0.05, 0) is 17.7 Å². The lowest BCUT2D eigenvalue weighted by Gasteiger charge is -2.07. The van der Waals surface area contributed by atoms with Crippen LogP contribution < -0.4 is 0 Å². The Labute approximate surface area is 102 Å². The van der Waals surface area contributed by atoms with E-state index in [-0.39, 0.29) is 36.4 Å². The maximum Gasteiger partial charge on any atom is 0.279 e. The van der Waals surface area contributed by atoms with E-state index in [1.807, 2.05) is 0 Å². The van der Waals surface area contributed by atoms with E-state index in [2.05, 4.69) is 15.3 Å². The van der Waals surface area contributed by atoms with Gasteiger partial charge in [0, 0.05) is 0 Å². The van der Waals surface area contributed by atoms with Crippen molar-refractivity contribution in [3.8, 4) is 0 Å². The summed E-state index contributed by atoms with van der Waals surface area (Å²) in [6.45, 7) is -0.145. The van der Waals surface area contributed by atoms with Gasteiger partial charge in [-0.2, -0.15) is 15.3 Å². The molecule has 0 aliphatic carbocycles. The van der Waals surface area contributed by atoms with Crippen LogP contribution in [0, 0.1) is 26.7 Å². The van der Waals surface area contributed by atoms with Crippen molar-refractivity contribution in [1.82, 2.24) is 0 Å². The topological polar surface area (TPSA) is 152 Å². The molecule has 3 N–H and O–H groups in total. The average molecular weight is 249 g/mol. The molecule has 0 bridgehead atoms. The van der Waals surface area contributed by atoms with Gasteiger partial charge in [0.15, 0.2) is 0 Å². The van der Waals surface area contributed by atoms with Crippen LogP contribution in [0.1, 0.15) is 16.7 Å². The van der Waals surface area contributed by atoms with Crippen LogP contribution in [-0.2, 0) is 19.6 Å². The zero-order valence-electron chi connectivity index (χ0n) is 9.38. The Morgan fingerprint density at radius 3 is 1.78 bits per heavy atom. The fourth-order valence-electron chi connectivity index (χ4n) is 1.66. The third kappa shape index (κ3) is 2.97. The molecular formula is C9H11N7O2. The number of hydrogen-bond donors (Lipinski definition) is 3. The lowest BCUT2D eigenvalue weighted by molar-refractivity contribution is -0.386. The van der Waals surface area contributed by atoms with Crippen molar-refractivity contribution in [3.05, 3.63) is 38.9 Å². The molecule has 1 rings (SSSR count). The summed E-state index contributed by atoms with van der Waals surface area (Å²) in [4.78, 5) is 10.4. The van der Waals surface area contributed by atoms with E-state index >= 15 is 0 Å². The van der Waals surface area contributed by atoms with Gasteiger partial charge in [-0.25, -0.2) is 16.6 Å². The third-order valence-electron chi connectivity index (χ3n) is 2.27. The van der Waals surface area contributed by atoms with E-state index in [0.29, 0.717) is 5.56 Å². The molecule has 1 aromatic carbocycles. The van der Waals surface area contributed by atoms with E-state index < -0.39 is 4.92 Å². The lowest BCUT2D eigenvalue weighted by atomic mass is 10.0. The highest BCUT2D eigenvalue weighted by molar-refractivity contribution is 5.50. The van der Waals surface area contributed by atoms with E-state index in [9.17, 15) is 10.1 Å². The van der Waals surface area contributed by atoms with Crippen LogP contribution in [0.15, 0.2) is 27.5 Å². The van der Waals surface area contributed by atoms with Crippen LogP contribution in [-0.4, -0.2) is 4.92 Å². The molecule has 9 heteroatoms. The van der Waals surface area contributed by atoms with Crippen LogP contribution in [0.25, 0.3) is 0 Å². The summed E-state index contributed by atoms with van der Waals surface area (Å²) in [5.74, 6) is 0. The summed E-state index contributed by atoms with van der Waals surface area (Å²) < 4.78 is 0. The molecule has 9 nitrogen and oxygen atoms in total. The molecule has 94 valence electrons.